The summed E-state index contributed by atoms with van der Waals surface area (Å²) in [4.78, 5) is 11.7. The van der Waals surface area contributed by atoms with Crippen LogP contribution in [0.2, 0.25) is 5.02 Å². The van der Waals surface area contributed by atoms with E-state index in [4.69, 9.17) is 21.5 Å². The lowest BCUT2D eigenvalue weighted by Crippen LogP contribution is -2.38. The predicted octanol–water partition coefficient (Wildman–Crippen LogP) is 3.30. The second kappa shape index (κ2) is 7.04. The molecule has 146 valence electrons. The van der Waals surface area contributed by atoms with Crippen molar-refractivity contribution in [1.29, 1.82) is 0 Å². The molecule has 3 aromatic rings. The van der Waals surface area contributed by atoms with Crippen molar-refractivity contribution in [3.05, 3.63) is 58.1 Å². The van der Waals surface area contributed by atoms with Gasteiger partial charge in [-0.25, -0.2) is 0 Å². The SMILES string of the molecule is Cc1c(S(=O)(=O)Oc2ccc3c(c2)C(C(N)=O)NCC3)sc2ccc(Cl)cc12. The van der Waals surface area contributed by atoms with Gasteiger partial charge in [-0.15, -0.1) is 11.3 Å². The van der Waals surface area contributed by atoms with E-state index in [1.165, 1.54) is 0 Å². The summed E-state index contributed by atoms with van der Waals surface area (Å²) in [6.45, 7) is 2.36. The number of nitrogens with one attached hydrogen (secondary N) is 1. The molecular weight excluding hydrogens is 420 g/mol. The van der Waals surface area contributed by atoms with Crippen molar-refractivity contribution >= 4 is 49.0 Å². The van der Waals surface area contributed by atoms with Gasteiger partial charge in [-0.1, -0.05) is 17.7 Å². The van der Waals surface area contributed by atoms with E-state index in [1.807, 2.05) is 0 Å². The van der Waals surface area contributed by atoms with E-state index in [1.54, 1.807) is 43.3 Å². The molecular formula is C19H17ClN2O4S2. The lowest BCUT2D eigenvalue weighted by Gasteiger charge is -2.25. The highest BCUT2D eigenvalue weighted by Gasteiger charge is 2.27. The number of carbonyl (C=O) groups excluding carboxylic acids is 1. The zero-order chi connectivity index (χ0) is 20.1. The largest absolute Gasteiger partial charge is 0.378 e. The van der Waals surface area contributed by atoms with Crippen LogP contribution in [0.25, 0.3) is 10.1 Å². The quantitative estimate of drug-likeness (QED) is 0.611. The van der Waals surface area contributed by atoms with Gasteiger partial charge in [-0.05, 0) is 65.8 Å². The minimum atomic E-state index is -4.04. The van der Waals surface area contributed by atoms with E-state index < -0.39 is 22.1 Å². The molecule has 1 aromatic heterocycles. The second-order valence-corrected chi connectivity index (χ2v) is 9.82. The Kier molecular flexibility index (Phi) is 4.83. The number of hydrogen-bond donors (Lipinski definition) is 2. The van der Waals surface area contributed by atoms with Gasteiger partial charge < -0.3 is 15.2 Å². The third-order valence-electron chi connectivity index (χ3n) is 4.74. The maximum Gasteiger partial charge on any atom is 0.349 e. The van der Waals surface area contributed by atoms with Gasteiger partial charge in [0.15, 0.2) is 4.21 Å². The molecule has 3 N–H and O–H groups in total. The van der Waals surface area contributed by atoms with Crippen LogP contribution in [0.5, 0.6) is 5.75 Å². The Balaban J connectivity index is 1.72. The molecule has 1 amide bonds. The van der Waals surface area contributed by atoms with Gasteiger partial charge in [0, 0.05) is 16.3 Å². The van der Waals surface area contributed by atoms with Crippen LogP contribution in [0.15, 0.2) is 40.6 Å². The first-order valence-electron chi connectivity index (χ1n) is 8.55. The fraction of sp³-hybridized carbons (Fsp3) is 0.211. The summed E-state index contributed by atoms with van der Waals surface area (Å²) < 4.78 is 32.2. The first kappa shape index (κ1) is 19.2. The Morgan fingerprint density at radius 2 is 2.07 bits per heavy atom. The topological polar surface area (TPSA) is 98.5 Å². The molecule has 1 aliphatic rings. The summed E-state index contributed by atoms with van der Waals surface area (Å²) in [5, 5.41) is 4.36. The zero-order valence-corrected chi connectivity index (χ0v) is 17.2. The number of aryl methyl sites for hydroxylation is 1. The van der Waals surface area contributed by atoms with Crippen LogP contribution in [-0.2, 0) is 21.3 Å². The maximum absolute atomic E-state index is 12.9. The van der Waals surface area contributed by atoms with Gasteiger partial charge in [0.05, 0.1) is 0 Å². The Labute approximate surface area is 171 Å². The van der Waals surface area contributed by atoms with Crippen molar-refractivity contribution in [2.75, 3.05) is 6.54 Å². The number of primary amides is 1. The number of rotatable bonds is 4. The number of carbonyl (C=O) groups is 1. The molecule has 1 unspecified atom stereocenters. The van der Waals surface area contributed by atoms with Crippen LogP contribution >= 0.6 is 22.9 Å². The minimum absolute atomic E-state index is 0.132. The molecule has 0 aliphatic carbocycles. The summed E-state index contributed by atoms with van der Waals surface area (Å²) in [6.07, 6.45) is 0.725. The highest BCUT2D eigenvalue weighted by atomic mass is 35.5. The lowest BCUT2D eigenvalue weighted by atomic mass is 9.94. The van der Waals surface area contributed by atoms with Crippen LogP contribution in [-0.4, -0.2) is 20.9 Å². The van der Waals surface area contributed by atoms with Crippen LogP contribution in [0.4, 0.5) is 0 Å². The van der Waals surface area contributed by atoms with Crippen molar-refractivity contribution in [2.45, 2.75) is 23.6 Å². The van der Waals surface area contributed by atoms with Crippen LogP contribution < -0.4 is 15.2 Å². The van der Waals surface area contributed by atoms with Crippen molar-refractivity contribution in [3.63, 3.8) is 0 Å². The average Bonchev–Trinajstić information content (AvgIpc) is 2.98. The number of benzene rings is 2. The van der Waals surface area contributed by atoms with Crippen LogP contribution in [0, 0.1) is 6.92 Å². The highest BCUT2D eigenvalue weighted by molar-refractivity contribution is 7.89. The summed E-state index contributed by atoms with van der Waals surface area (Å²) in [6, 6.07) is 9.52. The standard InChI is InChI=1S/C19H17ClN2O4S2/c1-10-14-8-12(20)3-5-16(14)27-19(10)28(24,25)26-13-4-2-11-6-7-22-17(18(21)23)15(11)9-13/h2-5,8-9,17,22H,6-7H2,1H3,(H2,21,23). The molecule has 4 rings (SSSR count). The third kappa shape index (κ3) is 3.37. The van der Waals surface area contributed by atoms with Gasteiger partial charge in [0.25, 0.3) is 0 Å². The van der Waals surface area contributed by atoms with Crippen molar-refractivity contribution in [1.82, 2.24) is 5.32 Å². The van der Waals surface area contributed by atoms with Crippen molar-refractivity contribution in [2.24, 2.45) is 5.73 Å². The first-order valence-corrected chi connectivity index (χ1v) is 11.2. The number of hydrogen-bond acceptors (Lipinski definition) is 6. The average molecular weight is 437 g/mol. The second-order valence-electron chi connectivity index (χ2n) is 6.59. The molecule has 9 heteroatoms. The Morgan fingerprint density at radius 3 is 2.82 bits per heavy atom. The molecule has 1 aliphatic heterocycles. The van der Waals surface area contributed by atoms with Crippen molar-refractivity contribution < 1.29 is 17.4 Å². The normalized spacial score (nSPS) is 16.7. The van der Waals surface area contributed by atoms with E-state index in [-0.39, 0.29) is 9.96 Å². The fourth-order valence-electron chi connectivity index (χ4n) is 3.41. The van der Waals surface area contributed by atoms with E-state index in [0.717, 1.165) is 33.4 Å². The molecule has 0 saturated carbocycles. The van der Waals surface area contributed by atoms with E-state index >= 15 is 0 Å². The maximum atomic E-state index is 12.9. The molecule has 0 fully saturated rings. The Morgan fingerprint density at radius 1 is 1.29 bits per heavy atom. The number of thiophene rings is 1. The molecule has 0 radical (unpaired) electrons. The molecule has 2 heterocycles. The summed E-state index contributed by atoms with van der Waals surface area (Å²) in [7, 11) is -4.04. The van der Waals surface area contributed by atoms with Crippen LogP contribution in [0.1, 0.15) is 22.7 Å². The zero-order valence-electron chi connectivity index (χ0n) is 14.9. The first-order chi connectivity index (χ1) is 13.3. The third-order valence-corrected chi connectivity index (χ3v) is 8.08. The monoisotopic (exact) mass is 436 g/mol. The van der Waals surface area contributed by atoms with Gasteiger partial charge in [0.1, 0.15) is 11.8 Å². The number of nitrogens with two attached hydrogens (primary N) is 1. The highest BCUT2D eigenvalue weighted by Crippen LogP contribution is 2.37. The van der Waals surface area contributed by atoms with Crippen molar-refractivity contribution in [3.8, 4) is 5.75 Å². The van der Waals surface area contributed by atoms with Crippen LogP contribution in [0.3, 0.4) is 0 Å². The predicted molar refractivity (Wildman–Crippen MR) is 109 cm³/mol. The molecule has 28 heavy (non-hydrogen) atoms. The fourth-order valence-corrected chi connectivity index (χ4v) is 6.20. The molecule has 6 nitrogen and oxygen atoms in total. The Hall–Kier alpha value is -2.13. The van der Waals surface area contributed by atoms with E-state index in [0.29, 0.717) is 22.7 Å². The summed E-state index contributed by atoms with van der Waals surface area (Å²) in [5.74, 6) is -0.373. The molecule has 1 atom stereocenters. The number of amides is 1. The molecule has 2 aromatic carbocycles. The van der Waals surface area contributed by atoms with Gasteiger partial charge >= 0.3 is 10.1 Å². The number of fused-ring (bicyclic) bond motifs is 2. The smallest absolute Gasteiger partial charge is 0.349 e. The summed E-state index contributed by atoms with van der Waals surface area (Å²) >= 11 is 7.17. The molecule has 0 saturated heterocycles. The minimum Gasteiger partial charge on any atom is -0.378 e. The Bertz CT molecular complexity index is 1200. The molecule has 0 bridgehead atoms. The number of halogens is 1. The lowest BCUT2D eigenvalue weighted by molar-refractivity contribution is -0.120. The van der Waals surface area contributed by atoms with E-state index in [2.05, 4.69) is 5.32 Å². The summed E-state index contributed by atoms with van der Waals surface area (Å²) in [5.41, 5.74) is 7.64. The molecule has 0 spiro atoms. The van der Waals surface area contributed by atoms with Gasteiger partial charge in [0.2, 0.25) is 5.91 Å². The van der Waals surface area contributed by atoms with Gasteiger partial charge in [-0.2, -0.15) is 8.42 Å². The van der Waals surface area contributed by atoms with E-state index in [9.17, 15) is 13.2 Å². The van der Waals surface area contributed by atoms with Gasteiger partial charge in [-0.3, -0.25) is 4.79 Å².